The smallest absolute Gasteiger partial charge is 0.322 e. The predicted octanol–water partition coefficient (Wildman–Crippen LogP) is 4.35. The molecule has 3 amide bonds. The highest BCUT2D eigenvalue weighted by Crippen LogP contribution is 2.29. The van der Waals surface area contributed by atoms with E-state index >= 15 is 0 Å². The molecule has 0 aromatic heterocycles. The Balaban J connectivity index is 1.40. The molecule has 0 spiro atoms. The largest absolute Gasteiger partial charge is 0.388 e. The van der Waals surface area contributed by atoms with Crippen molar-refractivity contribution in [3.8, 4) is 0 Å². The molecule has 2 aromatic rings. The molecule has 2 aliphatic rings. The summed E-state index contributed by atoms with van der Waals surface area (Å²) in [7, 11) is 0. The molecule has 1 saturated heterocycles. The van der Waals surface area contributed by atoms with Crippen LogP contribution in [0.5, 0.6) is 0 Å². The minimum absolute atomic E-state index is 0.0369. The molecule has 0 bridgehead atoms. The Hall–Kier alpha value is -2.57. The van der Waals surface area contributed by atoms with E-state index in [-0.39, 0.29) is 24.0 Å². The van der Waals surface area contributed by atoms with Crippen molar-refractivity contribution in [3.05, 3.63) is 64.7 Å². The van der Waals surface area contributed by atoms with Crippen LogP contribution in [0, 0.1) is 0 Å². The van der Waals surface area contributed by atoms with Gasteiger partial charge in [0, 0.05) is 24.3 Å². The second-order valence-corrected chi connectivity index (χ2v) is 8.43. The molecule has 1 heterocycles. The number of amides is 3. The number of anilines is 1. The molecular formula is C23H26ClN3O3. The molecule has 4 rings (SSSR count). The van der Waals surface area contributed by atoms with Crippen molar-refractivity contribution < 1.29 is 14.7 Å². The van der Waals surface area contributed by atoms with E-state index in [2.05, 4.69) is 10.6 Å². The number of aliphatic hydroxyl groups excluding tert-OH is 1. The summed E-state index contributed by atoms with van der Waals surface area (Å²) in [4.78, 5) is 27.0. The average molecular weight is 428 g/mol. The predicted molar refractivity (Wildman–Crippen MR) is 117 cm³/mol. The zero-order valence-electron chi connectivity index (χ0n) is 16.7. The summed E-state index contributed by atoms with van der Waals surface area (Å²) in [6.07, 6.45) is 3.61. The Morgan fingerprint density at radius 1 is 1.13 bits per heavy atom. The number of nitrogens with one attached hydrogen (secondary N) is 2. The van der Waals surface area contributed by atoms with Gasteiger partial charge in [-0.15, -0.1) is 0 Å². The number of hydrogen-bond acceptors (Lipinski definition) is 3. The van der Waals surface area contributed by atoms with Gasteiger partial charge in [0.15, 0.2) is 0 Å². The van der Waals surface area contributed by atoms with Crippen LogP contribution in [0.3, 0.4) is 0 Å². The van der Waals surface area contributed by atoms with Crippen molar-refractivity contribution in [2.45, 2.75) is 50.3 Å². The van der Waals surface area contributed by atoms with E-state index in [1.165, 1.54) is 0 Å². The Morgan fingerprint density at radius 3 is 2.63 bits per heavy atom. The molecule has 2 atom stereocenters. The van der Waals surface area contributed by atoms with Gasteiger partial charge in [-0.2, -0.15) is 0 Å². The number of halogens is 1. The number of benzene rings is 2. The number of urea groups is 1. The second-order valence-electron chi connectivity index (χ2n) is 8.02. The van der Waals surface area contributed by atoms with Gasteiger partial charge in [0.25, 0.3) is 5.91 Å². The van der Waals surface area contributed by atoms with Gasteiger partial charge in [-0.1, -0.05) is 41.9 Å². The summed E-state index contributed by atoms with van der Waals surface area (Å²) in [5, 5.41) is 16.7. The fraction of sp³-hybridized carbons (Fsp3) is 0.391. The summed E-state index contributed by atoms with van der Waals surface area (Å²) in [6, 6.07) is 14.4. The van der Waals surface area contributed by atoms with E-state index in [9.17, 15) is 14.7 Å². The Morgan fingerprint density at radius 2 is 1.90 bits per heavy atom. The van der Waals surface area contributed by atoms with Crippen LogP contribution in [0.25, 0.3) is 0 Å². The standard InChI is InChI=1S/C23H26ClN3O3/c24-20-11-10-17(13-19(20)22(29)25-16-8-9-16)26-23(30)27-12-4-7-18(27)14-21(28)15-5-2-1-3-6-15/h1-3,5-6,10-11,13,16,18,21,28H,4,7-9,12,14H2,(H,25,29)(H,26,30). The number of hydrogen-bond donors (Lipinski definition) is 3. The Kier molecular flexibility index (Phi) is 6.25. The summed E-state index contributed by atoms with van der Waals surface area (Å²) >= 11 is 6.19. The number of rotatable bonds is 6. The molecular weight excluding hydrogens is 402 g/mol. The van der Waals surface area contributed by atoms with Crippen LogP contribution in [0.4, 0.5) is 10.5 Å². The molecule has 6 nitrogen and oxygen atoms in total. The van der Waals surface area contributed by atoms with E-state index < -0.39 is 6.10 Å². The van der Waals surface area contributed by atoms with E-state index in [0.29, 0.717) is 29.2 Å². The SMILES string of the molecule is O=C(NC1CC1)c1cc(NC(=O)N2CCCC2CC(O)c2ccccc2)ccc1Cl. The fourth-order valence-electron chi connectivity index (χ4n) is 3.88. The van der Waals surface area contributed by atoms with Crippen molar-refractivity contribution in [2.24, 2.45) is 0 Å². The van der Waals surface area contributed by atoms with Crippen LogP contribution in [-0.2, 0) is 0 Å². The summed E-state index contributed by atoms with van der Waals surface area (Å²) in [6.45, 7) is 0.640. The van der Waals surface area contributed by atoms with Gasteiger partial charge < -0.3 is 20.6 Å². The number of aliphatic hydroxyl groups is 1. The van der Waals surface area contributed by atoms with Crippen LogP contribution in [0.2, 0.25) is 5.02 Å². The fourth-order valence-corrected chi connectivity index (χ4v) is 4.08. The molecule has 1 aliphatic carbocycles. The van der Waals surface area contributed by atoms with Crippen molar-refractivity contribution in [1.82, 2.24) is 10.2 Å². The second kappa shape index (κ2) is 9.06. The number of carbonyl (C=O) groups excluding carboxylic acids is 2. The van der Waals surface area contributed by atoms with Gasteiger partial charge in [0.05, 0.1) is 16.7 Å². The highest BCUT2D eigenvalue weighted by atomic mass is 35.5. The molecule has 30 heavy (non-hydrogen) atoms. The lowest BCUT2D eigenvalue weighted by Crippen LogP contribution is -2.39. The summed E-state index contributed by atoms with van der Waals surface area (Å²) in [5.41, 5.74) is 1.74. The third-order valence-electron chi connectivity index (χ3n) is 5.69. The quantitative estimate of drug-likeness (QED) is 0.640. The van der Waals surface area contributed by atoms with Crippen LogP contribution >= 0.6 is 11.6 Å². The van der Waals surface area contributed by atoms with Crippen molar-refractivity contribution in [2.75, 3.05) is 11.9 Å². The van der Waals surface area contributed by atoms with Gasteiger partial charge >= 0.3 is 6.03 Å². The molecule has 1 aliphatic heterocycles. The molecule has 0 radical (unpaired) electrons. The zero-order chi connectivity index (χ0) is 21.1. The van der Waals surface area contributed by atoms with Crippen LogP contribution in [0.1, 0.15) is 54.1 Å². The van der Waals surface area contributed by atoms with Gasteiger partial charge in [0.2, 0.25) is 0 Å². The maximum absolute atomic E-state index is 12.9. The van der Waals surface area contributed by atoms with Crippen LogP contribution < -0.4 is 10.6 Å². The van der Waals surface area contributed by atoms with Gasteiger partial charge in [-0.25, -0.2) is 4.79 Å². The third-order valence-corrected chi connectivity index (χ3v) is 6.02. The maximum Gasteiger partial charge on any atom is 0.322 e. The normalized spacial score (nSPS) is 19.4. The molecule has 2 fully saturated rings. The van der Waals surface area contributed by atoms with Crippen molar-refractivity contribution >= 4 is 29.2 Å². The van der Waals surface area contributed by atoms with Crippen molar-refractivity contribution in [3.63, 3.8) is 0 Å². The lowest BCUT2D eigenvalue weighted by molar-refractivity contribution is 0.0951. The Labute approximate surface area is 181 Å². The van der Waals surface area contributed by atoms with Gasteiger partial charge in [-0.05, 0) is 55.9 Å². The lowest BCUT2D eigenvalue weighted by Gasteiger charge is -2.27. The zero-order valence-corrected chi connectivity index (χ0v) is 17.4. The van der Waals surface area contributed by atoms with E-state index in [4.69, 9.17) is 11.6 Å². The monoisotopic (exact) mass is 427 g/mol. The van der Waals surface area contributed by atoms with Crippen molar-refractivity contribution in [1.29, 1.82) is 0 Å². The molecule has 2 unspecified atom stereocenters. The minimum atomic E-state index is -0.613. The first kappa shape index (κ1) is 20.7. The number of carbonyl (C=O) groups is 2. The highest BCUT2D eigenvalue weighted by molar-refractivity contribution is 6.34. The third kappa shape index (κ3) is 4.94. The maximum atomic E-state index is 12.9. The van der Waals surface area contributed by atoms with Gasteiger partial charge in [0.1, 0.15) is 0 Å². The first-order valence-corrected chi connectivity index (χ1v) is 10.8. The first-order valence-electron chi connectivity index (χ1n) is 10.4. The molecule has 7 heteroatoms. The van der Waals surface area contributed by atoms with Crippen LogP contribution in [-0.4, -0.2) is 40.6 Å². The van der Waals surface area contributed by atoms with Gasteiger partial charge in [-0.3, -0.25) is 4.79 Å². The minimum Gasteiger partial charge on any atom is -0.388 e. The number of likely N-dealkylation sites (tertiary alicyclic amines) is 1. The topological polar surface area (TPSA) is 81.7 Å². The van der Waals surface area contributed by atoms with E-state index in [0.717, 1.165) is 31.2 Å². The molecule has 1 saturated carbocycles. The Bertz CT molecular complexity index is 917. The summed E-state index contributed by atoms with van der Waals surface area (Å²) < 4.78 is 0. The molecule has 158 valence electrons. The molecule has 3 N–H and O–H groups in total. The average Bonchev–Trinajstić information content (AvgIpc) is 3.44. The highest BCUT2D eigenvalue weighted by Gasteiger charge is 2.31. The number of nitrogens with zero attached hydrogens (tertiary/aromatic N) is 1. The van der Waals surface area contributed by atoms with E-state index in [1.54, 1.807) is 23.1 Å². The molecule has 2 aromatic carbocycles. The van der Waals surface area contributed by atoms with E-state index in [1.807, 2.05) is 30.3 Å². The van der Waals surface area contributed by atoms with Crippen LogP contribution in [0.15, 0.2) is 48.5 Å². The first-order chi connectivity index (χ1) is 14.5. The summed E-state index contributed by atoms with van der Waals surface area (Å²) in [5.74, 6) is -0.219. The lowest BCUT2D eigenvalue weighted by atomic mass is 10.0.